The van der Waals surface area contributed by atoms with Crippen molar-refractivity contribution in [2.24, 2.45) is 5.92 Å². The van der Waals surface area contributed by atoms with Crippen LogP contribution in [0, 0.1) is 5.92 Å². The summed E-state index contributed by atoms with van der Waals surface area (Å²) in [5, 5.41) is 9.23. The van der Waals surface area contributed by atoms with Gasteiger partial charge in [0, 0.05) is 4.83 Å². The quantitative estimate of drug-likeness (QED) is 0.301. The molecule has 1 N–H and O–H groups in total. The van der Waals surface area contributed by atoms with Gasteiger partial charge in [-0.3, -0.25) is 4.79 Å². The van der Waals surface area contributed by atoms with Crippen molar-refractivity contribution in [3.8, 4) is 0 Å². The highest BCUT2D eigenvalue weighted by Crippen LogP contribution is 2.19. The van der Waals surface area contributed by atoms with Crippen LogP contribution in [0.4, 0.5) is 0 Å². The molecule has 120 valence electrons. The second-order valence-corrected chi connectivity index (χ2v) is 7.57. The molecule has 2 nitrogen and oxygen atoms in total. The Balaban J connectivity index is 3.53. The number of carboxylic acids is 1. The lowest BCUT2D eigenvalue weighted by molar-refractivity contribution is -0.142. The Bertz CT molecular complexity index is 229. The molecule has 0 aliphatic rings. The third kappa shape index (κ3) is 13.0. The van der Waals surface area contributed by atoms with Crippen LogP contribution in [0.25, 0.3) is 0 Å². The summed E-state index contributed by atoms with van der Waals surface area (Å²) < 4.78 is 0. The summed E-state index contributed by atoms with van der Waals surface area (Å²) in [5.74, 6) is -0.691. The lowest BCUT2D eigenvalue weighted by atomic mass is 9.94. The van der Waals surface area contributed by atoms with Gasteiger partial charge in [0.15, 0.2) is 0 Å². The highest BCUT2D eigenvalue weighted by molar-refractivity contribution is 9.09. The Kier molecular flexibility index (Phi) is 13.9. The number of carboxylic acid groups (broad SMARTS) is 1. The molecule has 0 aromatic heterocycles. The Morgan fingerprint density at radius 1 is 0.900 bits per heavy atom. The molecule has 0 bridgehead atoms. The molecule has 0 aromatic carbocycles. The van der Waals surface area contributed by atoms with Gasteiger partial charge < -0.3 is 5.11 Å². The molecule has 0 saturated heterocycles. The van der Waals surface area contributed by atoms with E-state index in [1.807, 2.05) is 0 Å². The van der Waals surface area contributed by atoms with Crippen molar-refractivity contribution in [3.05, 3.63) is 0 Å². The predicted molar refractivity (Wildman–Crippen MR) is 90.6 cm³/mol. The zero-order valence-corrected chi connectivity index (χ0v) is 15.0. The fourth-order valence-corrected chi connectivity index (χ4v) is 2.88. The van der Waals surface area contributed by atoms with E-state index in [1.54, 1.807) is 0 Å². The molecule has 0 amide bonds. The van der Waals surface area contributed by atoms with Crippen molar-refractivity contribution in [2.75, 3.05) is 0 Å². The maximum absolute atomic E-state index is 11.2. The van der Waals surface area contributed by atoms with Gasteiger partial charge in [0.25, 0.3) is 0 Å². The van der Waals surface area contributed by atoms with Crippen LogP contribution in [-0.4, -0.2) is 15.9 Å². The molecule has 0 aliphatic heterocycles. The number of carbonyl (C=O) groups is 1. The zero-order valence-electron chi connectivity index (χ0n) is 13.4. The maximum Gasteiger partial charge on any atom is 0.306 e. The van der Waals surface area contributed by atoms with Gasteiger partial charge in [0.05, 0.1) is 5.92 Å². The van der Waals surface area contributed by atoms with Crippen molar-refractivity contribution in [1.82, 2.24) is 0 Å². The summed E-state index contributed by atoms with van der Waals surface area (Å²) in [6.07, 6.45) is 13.8. The molecule has 0 aromatic rings. The number of aliphatic carboxylic acids is 1. The van der Waals surface area contributed by atoms with Crippen LogP contribution in [0.3, 0.4) is 0 Å². The van der Waals surface area contributed by atoms with Crippen LogP contribution in [0.5, 0.6) is 0 Å². The molecule has 3 heteroatoms. The molecule has 0 spiro atoms. The van der Waals surface area contributed by atoms with Crippen molar-refractivity contribution >= 4 is 21.9 Å². The first kappa shape index (κ1) is 19.9. The molecular weight excluding hydrogens is 316 g/mol. The number of rotatable bonds is 14. The van der Waals surface area contributed by atoms with Gasteiger partial charge in [-0.1, -0.05) is 87.6 Å². The van der Waals surface area contributed by atoms with E-state index in [0.29, 0.717) is 4.83 Å². The number of alkyl halides is 1. The number of halogens is 1. The van der Waals surface area contributed by atoms with E-state index in [0.717, 1.165) is 25.7 Å². The molecule has 0 aliphatic carbocycles. The van der Waals surface area contributed by atoms with Crippen LogP contribution in [0.15, 0.2) is 0 Å². The molecular formula is C17H33BrO2. The van der Waals surface area contributed by atoms with E-state index in [4.69, 9.17) is 0 Å². The van der Waals surface area contributed by atoms with Crippen molar-refractivity contribution in [1.29, 1.82) is 0 Å². The van der Waals surface area contributed by atoms with E-state index < -0.39 is 5.97 Å². The minimum Gasteiger partial charge on any atom is -0.481 e. The fraction of sp³-hybridized carbons (Fsp3) is 0.941. The van der Waals surface area contributed by atoms with Crippen LogP contribution in [-0.2, 0) is 4.79 Å². The Hall–Kier alpha value is -0.0500. The third-order valence-corrected chi connectivity index (χ3v) is 4.37. The van der Waals surface area contributed by atoms with Crippen LogP contribution >= 0.6 is 15.9 Å². The summed E-state index contributed by atoms with van der Waals surface area (Å²) >= 11 is 3.56. The monoisotopic (exact) mass is 348 g/mol. The van der Waals surface area contributed by atoms with E-state index >= 15 is 0 Å². The van der Waals surface area contributed by atoms with Crippen LogP contribution in [0.2, 0.25) is 0 Å². The number of unbranched alkanes of at least 4 members (excludes halogenated alkanes) is 7. The summed E-state index contributed by atoms with van der Waals surface area (Å²) in [5.41, 5.74) is 0. The minimum atomic E-state index is -0.588. The Morgan fingerprint density at radius 3 is 1.80 bits per heavy atom. The highest BCUT2D eigenvalue weighted by atomic mass is 79.9. The smallest absolute Gasteiger partial charge is 0.306 e. The largest absolute Gasteiger partial charge is 0.481 e. The first-order chi connectivity index (χ1) is 9.57. The van der Waals surface area contributed by atoms with Gasteiger partial charge in [-0.15, -0.1) is 0 Å². The van der Waals surface area contributed by atoms with E-state index in [2.05, 4.69) is 29.8 Å². The van der Waals surface area contributed by atoms with Crippen molar-refractivity contribution in [2.45, 2.75) is 95.7 Å². The maximum atomic E-state index is 11.2. The second kappa shape index (κ2) is 13.9. The van der Waals surface area contributed by atoms with E-state index in [9.17, 15) is 9.90 Å². The highest BCUT2D eigenvalue weighted by Gasteiger charge is 2.16. The zero-order chi connectivity index (χ0) is 15.2. The van der Waals surface area contributed by atoms with Gasteiger partial charge in [-0.2, -0.15) is 0 Å². The molecule has 0 saturated carbocycles. The van der Waals surface area contributed by atoms with Crippen LogP contribution < -0.4 is 0 Å². The standard InChI is InChI=1S/C17H33BrO2/c1-3-4-5-10-13-16(17(19)20)14-11-8-6-7-9-12-15(2)18/h15-16H,3-14H2,1-2H3,(H,19,20). The molecule has 0 radical (unpaired) electrons. The molecule has 0 fully saturated rings. The van der Waals surface area contributed by atoms with Gasteiger partial charge in [-0.05, 0) is 19.3 Å². The summed E-state index contributed by atoms with van der Waals surface area (Å²) in [6.45, 7) is 4.38. The third-order valence-electron chi connectivity index (χ3n) is 3.91. The Morgan fingerprint density at radius 2 is 1.35 bits per heavy atom. The average Bonchev–Trinajstić information content (AvgIpc) is 2.39. The Labute approximate surface area is 133 Å². The molecule has 0 heterocycles. The van der Waals surface area contributed by atoms with Crippen LogP contribution in [0.1, 0.15) is 90.9 Å². The first-order valence-corrected chi connectivity index (χ1v) is 9.36. The van der Waals surface area contributed by atoms with Gasteiger partial charge in [0.2, 0.25) is 0 Å². The van der Waals surface area contributed by atoms with Gasteiger partial charge >= 0.3 is 5.97 Å². The topological polar surface area (TPSA) is 37.3 Å². The van der Waals surface area contributed by atoms with E-state index in [1.165, 1.54) is 51.4 Å². The summed E-state index contributed by atoms with van der Waals surface area (Å²) in [6, 6.07) is 0. The van der Waals surface area contributed by atoms with Crippen molar-refractivity contribution in [3.63, 3.8) is 0 Å². The fourth-order valence-electron chi connectivity index (χ4n) is 2.56. The SMILES string of the molecule is CCCCCCC(CCCCCCCC(C)Br)C(=O)O. The normalized spacial score (nSPS) is 14.2. The van der Waals surface area contributed by atoms with E-state index in [-0.39, 0.29) is 5.92 Å². The first-order valence-electron chi connectivity index (χ1n) is 8.44. The predicted octanol–water partition coefficient (Wildman–Crippen LogP) is 6.17. The molecule has 2 atom stereocenters. The summed E-state index contributed by atoms with van der Waals surface area (Å²) in [4.78, 5) is 11.8. The molecule has 0 rings (SSSR count). The number of hydrogen-bond acceptors (Lipinski definition) is 1. The molecule has 20 heavy (non-hydrogen) atoms. The molecule has 2 unspecified atom stereocenters. The minimum absolute atomic E-state index is 0.102. The summed E-state index contributed by atoms with van der Waals surface area (Å²) in [7, 11) is 0. The lowest BCUT2D eigenvalue weighted by Gasteiger charge is -2.12. The van der Waals surface area contributed by atoms with Gasteiger partial charge in [-0.25, -0.2) is 0 Å². The number of hydrogen-bond donors (Lipinski definition) is 1. The lowest BCUT2D eigenvalue weighted by Crippen LogP contribution is -2.13. The van der Waals surface area contributed by atoms with Gasteiger partial charge in [0.1, 0.15) is 0 Å². The van der Waals surface area contributed by atoms with Crippen molar-refractivity contribution < 1.29 is 9.90 Å². The second-order valence-electron chi connectivity index (χ2n) is 6.01. The average molecular weight is 349 g/mol.